The fraction of sp³-hybridized carbons (Fsp3) is 0.136. The van der Waals surface area contributed by atoms with Crippen molar-refractivity contribution in [2.45, 2.75) is 0 Å². The number of nitro groups is 1. The van der Waals surface area contributed by atoms with E-state index in [0.717, 1.165) is 10.6 Å². The number of aromatic nitrogens is 3. The molecule has 4 aromatic rings. The Kier molecular flexibility index (Phi) is 6.72. The molecule has 0 aliphatic heterocycles. The first-order chi connectivity index (χ1) is 16.0. The molecule has 0 saturated heterocycles. The maximum absolute atomic E-state index is 12.5. The number of hydrogen-bond acceptors (Lipinski definition) is 8. The average molecular weight is 465 g/mol. The molecule has 2 heterocycles. The van der Waals surface area contributed by atoms with E-state index in [0.29, 0.717) is 30.3 Å². The summed E-state index contributed by atoms with van der Waals surface area (Å²) in [7, 11) is 1.59. The van der Waals surface area contributed by atoms with Gasteiger partial charge in [0.15, 0.2) is 5.82 Å². The van der Waals surface area contributed by atoms with Crippen LogP contribution >= 0.6 is 11.3 Å². The number of non-ortho nitro benzene ring substituents is 1. The van der Waals surface area contributed by atoms with Crippen LogP contribution in [0.5, 0.6) is 6.01 Å². The largest absolute Gasteiger partial charge is 0.460 e. The van der Waals surface area contributed by atoms with Crippen LogP contribution < -0.4 is 10.1 Å². The van der Waals surface area contributed by atoms with Gasteiger partial charge in [-0.1, -0.05) is 6.07 Å². The second-order valence-electron chi connectivity index (χ2n) is 6.75. The van der Waals surface area contributed by atoms with Crippen molar-refractivity contribution in [1.82, 2.24) is 14.8 Å². The highest BCUT2D eigenvalue weighted by atomic mass is 32.1. The van der Waals surface area contributed by atoms with Crippen LogP contribution in [0.2, 0.25) is 0 Å². The van der Waals surface area contributed by atoms with Gasteiger partial charge in [0.1, 0.15) is 6.61 Å². The fourth-order valence-corrected chi connectivity index (χ4v) is 3.64. The SMILES string of the molecule is COCCOc1nc(-c2cccs2)n(-c2ccc(NC(=O)c3ccc([N+](=O)[O-])cc3)cc2)n1. The molecule has 0 atom stereocenters. The smallest absolute Gasteiger partial charge is 0.336 e. The van der Waals surface area contributed by atoms with Gasteiger partial charge in [-0.3, -0.25) is 14.9 Å². The van der Waals surface area contributed by atoms with Crippen molar-refractivity contribution in [2.75, 3.05) is 25.6 Å². The number of benzene rings is 2. The van der Waals surface area contributed by atoms with Crippen LogP contribution in [0, 0.1) is 10.1 Å². The Balaban J connectivity index is 1.52. The third kappa shape index (κ3) is 5.22. The second-order valence-corrected chi connectivity index (χ2v) is 7.70. The lowest BCUT2D eigenvalue weighted by Gasteiger charge is -2.08. The number of carbonyl (C=O) groups excluding carboxylic acids is 1. The molecule has 168 valence electrons. The summed E-state index contributed by atoms with van der Waals surface area (Å²) < 4.78 is 12.3. The van der Waals surface area contributed by atoms with E-state index >= 15 is 0 Å². The van der Waals surface area contributed by atoms with Gasteiger partial charge in [0.2, 0.25) is 0 Å². The summed E-state index contributed by atoms with van der Waals surface area (Å²) in [5.74, 6) is 0.270. The number of thiophene rings is 1. The number of amides is 1. The fourth-order valence-electron chi connectivity index (χ4n) is 2.94. The van der Waals surface area contributed by atoms with Gasteiger partial charge in [-0.25, -0.2) is 4.68 Å². The van der Waals surface area contributed by atoms with Crippen molar-refractivity contribution >= 4 is 28.6 Å². The van der Waals surface area contributed by atoms with Crippen LogP contribution in [0.15, 0.2) is 66.0 Å². The zero-order chi connectivity index (χ0) is 23.2. The Labute approximate surface area is 192 Å². The normalized spacial score (nSPS) is 10.7. The molecule has 0 saturated carbocycles. The van der Waals surface area contributed by atoms with E-state index in [9.17, 15) is 14.9 Å². The summed E-state index contributed by atoms with van der Waals surface area (Å²) in [6.07, 6.45) is 0. The Bertz CT molecular complexity index is 1240. The van der Waals surface area contributed by atoms with Gasteiger partial charge in [-0.2, -0.15) is 4.98 Å². The predicted octanol–water partition coefficient (Wildman–Crippen LogP) is 4.18. The topological polar surface area (TPSA) is 121 Å². The van der Waals surface area contributed by atoms with E-state index in [2.05, 4.69) is 15.4 Å². The van der Waals surface area contributed by atoms with E-state index in [1.54, 1.807) is 36.1 Å². The molecule has 10 nitrogen and oxygen atoms in total. The number of nitrogens with zero attached hydrogens (tertiary/aromatic N) is 4. The standard InChI is InChI=1S/C22H19N5O5S/c1-31-12-13-32-22-24-20(19-3-2-14-33-19)26(25-22)17-10-6-16(7-11-17)23-21(28)15-4-8-18(9-5-15)27(29)30/h2-11,14H,12-13H2,1H3,(H,23,28). The predicted molar refractivity (Wildman–Crippen MR) is 123 cm³/mol. The van der Waals surface area contributed by atoms with E-state index in [1.165, 1.54) is 35.6 Å². The number of rotatable bonds is 9. The number of ether oxygens (including phenoxy) is 2. The highest BCUT2D eigenvalue weighted by Crippen LogP contribution is 2.28. The van der Waals surface area contributed by atoms with Crippen molar-refractivity contribution in [3.63, 3.8) is 0 Å². The Morgan fingerprint density at radius 1 is 1.12 bits per heavy atom. The monoisotopic (exact) mass is 465 g/mol. The molecule has 11 heteroatoms. The molecule has 0 spiro atoms. The van der Waals surface area contributed by atoms with E-state index in [4.69, 9.17) is 9.47 Å². The minimum Gasteiger partial charge on any atom is -0.460 e. The highest BCUT2D eigenvalue weighted by molar-refractivity contribution is 7.13. The van der Waals surface area contributed by atoms with Crippen molar-refractivity contribution in [3.05, 3.63) is 81.7 Å². The third-order valence-electron chi connectivity index (χ3n) is 4.56. The summed E-state index contributed by atoms with van der Waals surface area (Å²) >= 11 is 1.54. The van der Waals surface area contributed by atoms with Crippen LogP contribution in [0.1, 0.15) is 10.4 Å². The lowest BCUT2D eigenvalue weighted by atomic mass is 10.2. The zero-order valence-corrected chi connectivity index (χ0v) is 18.3. The van der Waals surface area contributed by atoms with E-state index < -0.39 is 4.92 Å². The first-order valence-corrected chi connectivity index (χ1v) is 10.7. The van der Waals surface area contributed by atoms with Gasteiger partial charge >= 0.3 is 6.01 Å². The maximum Gasteiger partial charge on any atom is 0.336 e. The molecule has 4 rings (SSSR count). The molecule has 0 fully saturated rings. The number of methoxy groups -OCH3 is 1. The van der Waals surface area contributed by atoms with Crippen molar-refractivity contribution in [2.24, 2.45) is 0 Å². The first kappa shape index (κ1) is 22.1. The Morgan fingerprint density at radius 3 is 2.52 bits per heavy atom. The van der Waals surface area contributed by atoms with Gasteiger partial charge in [0.25, 0.3) is 11.6 Å². The zero-order valence-electron chi connectivity index (χ0n) is 17.5. The van der Waals surface area contributed by atoms with Gasteiger partial charge in [-0.05, 0) is 47.8 Å². The molecule has 0 aliphatic carbocycles. The highest BCUT2D eigenvalue weighted by Gasteiger charge is 2.16. The molecule has 2 aromatic carbocycles. The molecular formula is C22H19N5O5S. The lowest BCUT2D eigenvalue weighted by molar-refractivity contribution is -0.384. The number of hydrogen-bond donors (Lipinski definition) is 1. The average Bonchev–Trinajstić information content (AvgIpc) is 3.50. The number of nitrogens with one attached hydrogen (secondary N) is 1. The van der Waals surface area contributed by atoms with Gasteiger partial charge in [0, 0.05) is 30.5 Å². The molecule has 0 radical (unpaired) electrons. The summed E-state index contributed by atoms with van der Waals surface area (Å²) in [5.41, 5.74) is 1.55. The van der Waals surface area contributed by atoms with Gasteiger partial charge < -0.3 is 14.8 Å². The molecule has 0 unspecified atom stereocenters. The van der Waals surface area contributed by atoms with Crippen molar-refractivity contribution in [1.29, 1.82) is 0 Å². The molecule has 1 N–H and O–H groups in total. The molecule has 0 bridgehead atoms. The number of carbonyl (C=O) groups is 1. The van der Waals surface area contributed by atoms with Gasteiger partial charge in [0.05, 0.1) is 22.1 Å². The van der Waals surface area contributed by atoms with Gasteiger partial charge in [-0.15, -0.1) is 16.4 Å². The summed E-state index contributed by atoms with van der Waals surface area (Å²) in [6.45, 7) is 0.754. The quantitative estimate of drug-likeness (QED) is 0.223. The summed E-state index contributed by atoms with van der Waals surface area (Å²) in [4.78, 5) is 28.1. The number of nitro benzene ring substituents is 1. The van der Waals surface area contributed by atoms with Crippen molar-refractivity contribution in [3.8, 4) is 22.4 Å². The van der Waals surface area contributed by atoms with Crippen molar-refractivity contribution < 1.29 is 19.2 Å². The maximum atomic E-state index is 12.5. The molecular weight excluding hydrogens is 446 g/mol. The van der Waals surface area contributed by atoms with E-state index in [-0.39, 0.29) is 17.6 Å². The third-order valence-corrected chi connectivity index (χ3v) is 5.42. The molecule has 1 amide bonds. The van der Waals surface area contributed by atoms with Crippen LogP contribution in [0.25, 0.3) is 16.4 Å². The van der Waals surface area contributed by atoms with E-state index in [1.807, 2.05) is 17.5 Å². The lowest BCUT2D eigenvalue weighted by Crippen LogP contribution is -2.12. The minimum atomic E-state index is -0.511. The molecule has 0 aliphatic rings. The molecule has 2 aromatic heterocycles. The van der Waals surface area contributed by atoms with Crippen LogP contribution in [-0.2, 0) is 4.74 Å². The van der Waals surface area contributed by atoms with Crippen LogP contribution in [0.4, 0.5) is 11.4 Å². The summed E-state index contributed by atoms with van der Waals surface area (Å²) in [6, 6.07) is 16.6. The second kappa shape index (κ2) is 10.0. The Morgan fingerprint density at radius 2 is 1.88 bits per heavy atom. The summed E-state index contributed by atoms with van der Waals surface area (Å²) in [5, 5.41) is 20.0. The van der Waals surface area contributed by atoms with Crippen LogP contribution in [-0.4, -0.2) is 45.9 Å². The first-order valence-electron chi connectivity index (χ1n) is 9.84. The minimum absolute atomic E-state index is 0.0733. The Hall–Kier alpha value is -4.09. The molecule has 33 heavy (non-hydrogen) atoms. The van der Waals surface area contributed by atoms with Crippen LogP contribution in [0.3, 0.4) is 0 Å². The number of anilines is 1.